The van der Waals surface area contributed by atoms with Gasteiger partial charge in [0.1, 0.15) is 37.2 Å². The Morgan fingerprint density at radius 3 is 1.93 bits per heavy atom. The number of aryl methyl sites for hydroxylation is 1. The number of rotatable bonds is 47. The lowest BCUT2D eigenvalue weighted by atomic mass is 9.81. The largest absolute Gasteiger partial charge is 0.458 e. The van der Waals surface area contributed by atoms with Gasteiger partial charge in [0.05, 0.1) is 154 Å². The van der Waals surface area contributed by atoms with Gasteiger partial charge in [-0.05, 0) is 117 Å². The van der Waals surface area contributed by atoms with Gasteiger partial charge in [0.25, 0.3) is 5.56 Å². The molecule has 9 rings (SSSR count). The molecular weight excluding hydrogens is 1390 g/mol. The SMILES string of the molecule is CCCOCCOCCOCCOCCOCCOCCOCCOCCOCCC(=O)N[C@H](Cc1ccccc1)C(=O)N[C@H](CCCCN)C(=O)NCC(=O)N1CCC[C@@H]1C(=O)N(C)c1ccc(COC(=O)N[C@H]2CCc3c(C)c(F)cc4nc5c(c2c34)Cn2c-5cc3c(c2=O)COC(=O)[C@]3(O)CC)cc1. The molecule has 584 valence electrons. The number of pyridine rings is 2. The van der Waals surface area contributed by atoms with E-state index in [1.54, 1.807) is 51.2 Å². The average Bonchev–Trinajstić information content (AvgIpc) is 1.42. The molecule has 2 aromatic heterocycles. The lowest BCUT2D eigenvalue weighted by molar-refractivity contribution is -0.172. The van der Waals surface area contributed by atoms with Gasteiger partial charge >= 0.3 is 12.1 Å². The maximum absolute atomic E-state index is 15.5. The molecule has 3 aromatic carbocycles. The number of hydrogen-bond acceptors (Lipinski definition) is 22. The average molecular weight is 1490 g/mol. The van der Waals surface area contributed by atoms with Crippen LogP contribution in [0.15, 0.2) is 71.5 Å². The molecule has 30 heteroatoms. The van der Waals surface area contributed by atoms with Gasteiger partial charge in [-0.1, -0.05) is 56.3 Å². The van der Waals surface area contributed by atoms with E-state index in [1.165, 1.54) is 20.4 Å². The number of hydrogen-bond donors (Lipinski definition) is 6. The number of ether oxygens (including phenoxy) is 11. The second-order valence-electron chi connectivity index (χ2n) is 26.6. The summed E-state index contributed by atoms with van der Waals surface area (Å²) in [4.78, 5) is 118. The molecule has 0 radical (unpaired) electrons. The van der Waals surface area contributed by atoms with E-state index >= 15 is 4.39 Å². The monoisotopic (exact) mass is 1490 g/mol. The fraction of sp³-hybridized carbons (Fsp3) is 0.571. The van der Waals surface area contributed by atoms with Crippen molar-refractivity contribution >= 4 is 58.2 Å². The minimum Gasteiger partial charge on any atom is -0.458 e. The Labute approximate surface area is 622 Å². The second kappa shape index (κ2) is 42.4. The Balaban J connectivity index is 0.678. The number of alkyl carbamates (subject to hydrolysis) is 1. The van der Waals surface area contributed by atoms with E-state index in [4.69, 9.17) is 62.8 Å². The van der Waals surface area contributed by atoms with Crippen molar-refractivity contribution in [1.82, 2.24) is 35.7 Å². The zero-order chi connectivity index (χ0) is 76.1. The van der Waals surface area contributed by atoms with E-state index in [-0.39, 0.29) is 88.8 Å². The number of aromatic nitrogens is 2. The van der Waals surface area contributed by atoms with Crippen molar-refractivity contribution in [2.24, 2.45) is 5.73 Å². The molecule has 1 aliphatic carbocycles. The van der Waals surface area contributed by atoms with E-state index in [9.17, 15) is 43.5 Å². The molecule has 5 atom stereocenters. The molecule has 6 amide bonds. The summed E-state index contributed by atoms with van der Waals surface area (Å²) >= 11 is 0. The van der Waals surface area contributed by atoms with Gasteiger partial charge in [0.15, 0.2) is 5.60 Å². The van der Waals surface area contributed by atoms with E-state index in [2.05, 4.69) is 28.2 Å². The van der Waals surface area contributed by atoms with Crippen molar-refractivity contribution < 1.29 is 95.2 Å². The summed E-state index contributed by atoms with van der Waals surface area (Å²) in [6.07, 6.45) is 3.19. The van der Waals surface area contributed by atoms with Crippen molar-refractivity contribution in [3.05, 3.63) is 127 Å². The highest BCUT2D eigenvalue weighted by molar-refractivity contribution is 6.00. The number of carbonyl (C=O) groups is 7. The normalized spacial score (nSPS) is 16.9. The third-order valence-corrected chi connectivity index (χ3v) is 19.3. The number of likely N-dealkylation sites (N-methyl/N-ethyl adjacent to an activating group) is 1. The molecule has 3 aliphatic heterocycles. The first kappa shape index (κ1) is 82.7. The molecule has 0 unspecified atom stereocenters. The minimum atomic E-state index is -2.05. The first-order valence-electron chi connectivity index (χ1n) is 37.2. The van der Waals surface area contributed by atoms with Gasteiger partial charge in [-0.3, -0.25) is 28.8 Å². The maximum Gasteiger partial charge on any atom is 0.407 e. The fourth-order valence-corrected chi connectivity index (χ4v) is 13.4. The zero-order valence-electron chi connectivity index (χ0n) is 61.9. The number of amides is 6. The number of likely N-dealkylation sites (tertiary alicyclic amines) is 1. The Kier molecular flexibility index (Phi) is 32.7. The number of nitrogens with zero attached hydrogens (tertiary/aromatic N) is 4. The van der Waals surface area contributed by atoms with Gasteiger partial charge in [-0.25, -0.2) is 19.0 Å². The third-order valence-electron chi connectivity index (χ3n) is 19.3. The third kappa shape index (κ3) is 22.8. The van der Waals surface area contributed by atoms with Gasteiger partial charge in [0, 0.05) is 61.3 Å². The molecule has 7 N–H and O–H groups in total. The Morgan fingerprint density at radius 1 is 0.729 bits per heavy atom. The van der Waals surface area contributed by atoms with Gasteiger partial charge in [-0.15, -0.1) is 0 Å². The fourth-order valence-electron chi connectivity index (χ4n) is 13.4. The van der Waals surface area contributed by atoms with Crippen LogP contribution in [-0.2, 0) is 119 Å². The summed E-state index contributed by atoms with van der Waals surface area (Å²) in [6.45, 7) is 12.8. The first-order valence-corrected chi connectivity index (χ1v) is 37.2. The summed E-state index contributed by atoms with van der Waals surface area (Å²) in [6, 6.07) is 15.2. The van der Waals surface area contributed by atoms with Gasteiger partial charge < -0.3 is 98.6 Å². The number of unbranched alkanes of at least 4 members (excludes halogenated alkanes) is 1. The molecular formula is C77H104FN9O20. The highest BCUT2D eigenvalue weighted by atomic mass is 19.1. The molecule has 107 heavy (non-hydrogen) atoms. The summed E-state index contributed by atoms with van der Waals surface area (Å²) in [5, 5.41) is 23.5. The van der Waals surface area contributed by atoms with Crippen LogP contribution in [0.25, 0.3) is 22.3 Å². The van der Waals surface area contributed by atoms with Crippen molar-refractivity contribution in [1.29, 1.82) is 0 Å². The van der Waals surface area contributed by atoms with E-state index in [0.717, 1.165) is 24.2 Å². The van der Waals surface area contributed by atoms with Crippen molar-refractivity contribution in [2.45, 2.75) is 141 Å². The summed E-state index contributed by atoms with van der Waals surface area (Å²) in [7, 11) is 1.59. The smallest absolute Gasteiger partial charge is 0.407 e. The van der Waals surface area contributed by atoms with E-state index in [1.807, 2.05) is 30.3 Å². The van der Waals surface area contributed by atoms with Crippen LogP contribution in [0.1, 0.15) is 122 Å². The molecule has 5 heterocycles. The number of esters is 1. The quantitative estimate of drug-likeness (QED) is 0.0221. The molecule has 0 spiro atoms. The molecule has 1 saturated heterocycles. The zero-order valence-corrected chi connectivity index (χ0v) is 61.9. The maximum atomic E-state index is 15.5. The molecule has 4 aliphatic rings. The molecule has 0 saturated carbocycles. The van der Waals surface area contributed by atoms with Crippen LogP contribution in [0.5, 0.6) is 0 Å². The summed E-state index contributed by atoms with van der Waals surface area (Å²) in [5.74, 6) is -3.84. The van der Waals surface area contributed by atoms with Crippen LogP contribution in [0, 0.1) is 12.7 Å². The van der Waals surface area contributed by atoms with Crippen LogP contribution in [0.2, 0.25) is 0 Å². The number of aliphatic hydroxyl groups is 1. The highest BCUT2D eigenvalue weighted by Crippen LogP contribution is 2.46. The Bertz CT molecular complexity index is 3850. The lowest BCUT2D eigenvalue weighted by Crippen LogP contribution is -2.55. The number of halogens is 1. The number of carbonyl (C=O) groups excluding carboxylic acids is 7. The summed E-state index contributed by atoms with van der Waals surface area (Å²) in [5.41, 5.74) is 9.01. The topological polar surface area (TPSA) is 357 Å². The number of nitrogens with two attached hydrogens (primary N) is 1. The Hall–Kier alpha value is -8.40. The minimum absolute atomic E-state index is 0.0427. The number of anilines is 1. The van der Waals surface area contributed by atoms with Crippen LogP contribution < -0.4 is 37.5 Å². The number of benzene rings is 3. The lowest BCUT2D eigenvalue weighted by Gasteiger charge is -2.31. The van der Waals surface area contributed by atoms with E-state index in [0.29, 0.717) is 188 Å². The Morgan fingerprint density at radius 2 is 1.34 bits per heavy atom. The second-order valence-corrected chi connectivity index (χ2v) is 26.6. The van der Waals surface area contributed by atoms with Crippen LogP contribution in [0.3, 0.4) is 0 Å². The molecule has 29 nitrogen and oxygen atoms in total. The predicted molar refractivity (Wildman–Crippen MR) is 390 cm³/mol. The van der Waals surface area contributed by atoms with Crippen LogP contribution in [0.4, 0.5) is 14.9 Å². The van der Waals surface area contributed by atoms with Gasteiger partial charge in [0.2, 0.25) is 29.5 Å². The number of fused-ring (bicyclic) bond motifs is 5. The molecule has 5 aromatic rings. The number of nitrogens with one attached hydrogen (secondary N) is 4. The first-order chi connectivity index (χ1) is 52.0. The van der Waals surface area contributed by atoms with Gasteiger partial charge in [-0.2, -0.15) is 0 Å². The standard InChI is InChI=1S/C77H104FN9O20/c1-5-26-97-28-30-99-32-34-101-36-38-103-40-42-105-43-41-104-39-37-102-35-33-100-31-29-98-27-23-66(88)81-63(44-52-13-8-7-9-14-52)72(91)83-61(15-10-11-24-79)71(90)80-47-67(89)86-25-12-16-64(86)74(93)85(4)54-19-17-53(18-20-54)49-107-76(95)84-60-22-21-55-51(3)59(78)46-62-68(55)69(60)56-48-87-65(70(56)82-62)45-58-57(73(87)92)50-106-75(94)77(58,96)6-2/h7-9,13-14,17-20,45-46,60-61,63-64,96H,5-6,10-12,15-16,21-44,47-50,79H2,1-4H3,(H,80,90)(H,81,88)(H,83,91)(H,84,95)/t60-,61+,63+,64+,77-/m0/s1. The van der Waals surface area contributed by atoms with Crippen LogP contribution in [-0.4, -0.2) is 225 Å². The van der Waals surface area contributed by atoms with Crippen molar-refractivity contribution in [3.63, 3.8) is 0 Å². The van der Waals surface area contributed by atoms with Crippen molar-refractivity contribution in [3.8, 4) is 11.4 Å². The predicted octanol–water partition coefficient (Wildman–Crippen LogP) is 4.80. The molecule has 1 fully saturated rings. The van der Waals surface area contributed by atoms with Crippen LogP contribution >= 0.6 is 0 Å². The molecule has 0 bridgehead atoms. The highest BCUT2D eigenvalue weighted by Gasteiger charge is 2.46. The summed E-state index contributed by atoms with van der Waals surface area (Å²) < 4.78 is 77.7. The van der Waals surface area contributed by atoms with E-state index < -0.39 is 83.4 Å². The van der Waals surface area contributed by atoms with Crippen molar-refractivity contribution in [2.75, 3.05) is 151 Å². The number of cyclic esters (lactones) is 1.